The molecule has 5 nitrogen and oxygen atoms in total. The number of carbonyl (C=O) groups excluding carboxylic acids is 2. The van der Waals surface area contributed by atoms with Crippen LogP contribution in [-0.2, 0) is 11.0 Å². The van der Waals surface area contributed by atoms with Crippen LogP contribution in [0.5, 0.6) is 0 Å². The highest BCUT2D eigenvalue weighted by molar-refractivity contribution is 5.98. The molecule has 0 aromatic heterocycles. The molecule has 0 aliphatic carbocycles. The molecule has 124 valence electrons. The molecular formula is C15H16F3N3O2. The largest absolute Gasteiger partial charge is 0.417 e. The lowest BCUT2D eigenvalue weighted by Crippen LogP contribution is -2.44. The fraction of sp³-hybridized carbons (Fsp3) is 0.400. The summed E-state index contributed by atoms with van der Waals surface area (Å²) in [5.74, 6) is -1.85. The average Bonchev–Trinajstić information content (AvgIpc) is 2.49. The van der Waals surface area contributed by atoms with Gasteiger partial charge in [-0.15, -0.1) is 0 Å². The summed E-state index contributed by atoms with van der Waals surface area (Å²) in [6.45, 7) is 0. The number of hydrogen-bond donors (Lipinski definition) is 2. The third-order valence-electron chi connectivity index (χ3n) is 3.16. The molecule has 0 heterocycles. The predicted molar refractivity (Wildman–Crippen MR) is 76.0 cm³/mol. The van der Waals surface area contributed by atoms with Gasteiger partial charge in [-0.1, -0.05) is 12.1 Å². The van der Waals surface area contributed by atoms with Crippen LogP contribution < -0.4 is 11.1 Å². The number of benzene rings is 1. The van der Waals surface area contributed by atoms with E-state index < -0.39 is 35.2 Å². The van der Waals surface area contributed by atoms with Crippen LogP contribution >= 0.6 is 0 Å². The molecule has 0 saturated heterocycles. The normalized spacial score (nSPS) is 12.3. The van der Waals surface area contributed by atoms with Gasteiger partial charge in [-0.2, -0.15) is 18.4 Å². The zero-order valence-corrected chi connectivity index (χ0v) is 12.2. The minimum absolute atomic E-state index is 0.164. The molecule has 0 fully saturated rings. The van der Waals surface area contributed by atoms with Crippen molar-refractivity contribution in [3.63, 3.8) is 0 Å². The first-order valence-corrected chi connectivity index (χ1v) is 6.90. The van der Waals surface area contributed by atoms with E-state index >= 15 is 0 Å². The molecule has 2 amide bonds. The zero-order chi connectivity index (χ0) is 17.5. The Hall–Kier alpha value is -2.56. The molecule has 0 aliphatic rings. The number of primary amides is 1. The Morgan fingerprint density at radius 3 is 2.48 bits per heavy atom. The van der Waals surface area contributed by atoms with Crippen LogP contribution in [0.1, 0.15) is 41.6 Å². The number of amides is 2. The van der Waals surface area contributed by atoms with Crippen molar-refractivity contribution in [1.29, 1.82) is 5.26 Å². The fourth-order valence-electron chi connectivity index (χ4n) is 2.00. The zero-order valence-electron chi connectivity index (χ0n) is 12.2. The van der Waals surface area contributed by atoms with E-state index in [1.807, 2.05) is 6.07 Å². The van der Waals surface area contributed by atoms with Crippen LogP contribution in [-0.4, -0.2) is 17.9 Å². The van der Waals surface area contributed by atoms with Gasteiger partial charge in [-0.3, -0.25) is 9.59 Å². The maximum atomic E-state index is 12.9. The Bertz CT molecular complexity index is 609. The second-order valence-corrected chi connectivity index (χ2v) is 4.88. The minimum atomic E-state index is -4.68. The molecular weight excluding hydrogens is 311 g/mol. The second-order valence-electron chi connectivity index (χ2n) is 4.88. The first-order chi connectivity index (χ1) is 10.8. The summed E-state index contributed by atoms with van der Waals surface area (Å²) in [6.07, 6.45) is -3.27. The van der Waals surface area contributed by atoms with Crippen molar-refractivity contribution in [3.05, 3.63) is 35.4 Å². The lowest BCUT2D eigenvalue weighted by Gasteiger charge is -2.17. The summed E-state index contributed by atoms with van der Waals surface area (Å²) in [6, 6.07) is 5.15. The summed E-state index contributed by atoms with van der Waals surface area (Å²) in [5, 5.41) is 10.6. The Labute approximate surface area is 131 Å². The number of nitriles is 1. The number of alkyl halides is 3. The standard InChI is InChI=1S/C15H16F3N3O2/c16-15(17,18)11-7-4-3-6-10(11)14(23)21-12(13(20)22)8-2-1-5-9-19/h3-4,6-7,12H,1-2,5,8H2,(H2,20,22)(H,21,23)/t12-/m0/s1. The first-order valence-electron chi connectivity index (χ1n) is 6.90. The highest BCUT2D eigenvalue weighted by Gasteiger charge is 2.35. The fourth-order valence-corrected chi connectivity index (χ4v) is 2.00. The maximum Gasteiger partial charge on any atom is 0.417 e. The lowest BCUT2D eigenvalue weighted by atomic mass is 10.0. The Balaban J connectivity index is 2.84. The quantitative estimate of drug-likeness (QED) is 0.753. The van der Waals surface area contributed by atoms with E-state index in [1.165, 1.54) is 12.1 Å². The molecule has 0 aliphatic heterocycles. The van der Waals surface area contributed by atoms with Crippen molar-refractivity contribution in [3.8, 4) is 6.07 Å². The van der Waals surface area contributed by atoms with E-state index in [4.69, 9.17) is 11.0 Å². The molecule has 1 aromatic carbocycles. The van der Waals surface area contributed by atoms with Gasteiger partial charge >= 0.3 is 6.18 Å². The van der Waals surface area contributed by atoms with Gasteiger partial charge in [0.1, 0.15) is 6.04 Å². The lowest BCUT2D eigenvalue weighted by molar-refractivity contribution is -0.137. The third-order valence-corrected chi connectivity index (χ3v) is 3.16. The monoisotopic (exact) mass is 327 g/mol. The van der Waals surface area contributed by atoms with Crippen LogP contribution in [0.4, 0.5) is 13.2 Å². The Morgan fingerprint density at radius 1 is 1.26 bits per heavy atom. The van der Waals surface area contributed by atoms with Crippen LogP contribution in [0.25, 0.3) is 0 Å². The van der Waals surface area contributed by atoms with Crippen molar-refractivity contribution in [2.45, 2.75) is 37.9 Å². The number of nitrogens with zero attached hydrogens (tertiary/aromatic N) is 1. The van der Waals surface area contributed by atoms with E-state index in [1.54, 1.807) is 0 Å². The molecule has 1 atom stereocenters. The predicted octanol–water partition coefficient (Wildman–Crippen LogP) is 2.37. The van der Waals surface area contributed by atoms with E-state index in [2.05, 4.69) is 5.32 Å². The molecule has 3 N–H and O–H groups in total. The Kier molecular flexibility index (Phi) is 6.57. The van der Waals surface area contributed by atoms with Crippen LogP contribution in [0.15, 0.2) is 24.3 Å². The van der Waals surface area contributed by atoms with Gasteiger partial charge in [0.2, 0.25) is 5.91 Å². The molecule has 0 unspecified atom stereocenters. The van der Waals surface area contributed by atoms with Crippen molar-refractivity contribution < 1.29 is 22.8 Å². The highest BCUT2D eigenvalue weighted by Crippen LogP contribution is 2.31. The molecule has 1 rings (SSSR count). The van der Waals surface area contributed by atoms with Gasteiger partial charge in [0, 0.05) is 6.42 Å². The van der Waals surface area contributed by atoms with Crippen LogP contribution in [0, 0.1) is 11.3 Å². The average molecular weight is 327 g/mol. The van der Waals surface area contributed by atoms with Gasteiger partial charge in [-0.05, 0) is 31.4 Å². The topological polar surface area (TPSA) is 96.0 Å². The number of hydrogen-bond acceptors (Lipinski definition) is 3. The SMILES string of the molecule is N#CCCCC[C@H](NC(=O)c1ccccc1C(F)(F)F)C(N)=O. The third kappa shape index (κ3) is 5.62. The van der Waals surface area contributed by atoms with Crippen LogP contribution in [0.3, 0.4) is 0 Å². The first kappa shape index (κ1) is 18.5. The number of nitrogens with two attached hydrogens (primary N) is 1. The van der Waals surface area contributed by atoms with Crippen molar-refractivity contribution in [2.24, 2.45) is 5.73 Å². The molecule has 0 spiro atoms. The van der Waals surface area contributed by atoms with Gasteiger partial charge in [0.15, 0.2) is 0 Å². The Morgan fingerprint density at radius 2 is 1.91 bits per heavy atom. The summed E-state index contributed by atoms with van der Waals surface area (Å²) >= 11 is 0. The summed E-state index contributed by atoms with van der Waals surface area (Å²) in [4.78, 5) is 23.4. The second kappa shape index (κ2) is 8.17. The van der Waals surface area contributed by atoms with E-state index in [-0.39, 0.29) is 12.8 Å². The van der Waals surface area contributed by atoms with E-state index in [9.17, 15) is 22.8 Å². The molecule has 1 aromatic rings. The van der Waals surface area contributed by atoms with Crippen LogP contribution in [0.2, 0.25) is 0 Å². The smallest absolute Gasteiger partial charge is 0.368 e. The van der Waals surface area contributed by atoms with Gasteiger partial charge < -0.3 is 11.1 Å². The minimum Gasteiger partial charge on any atom is -0.368 e. The molecule has 0 saturated carbocycles. The van der Waals surface area contributed by atoms with Crippen molar-refractivity contribution >= 4 is 11.8 Å². The summed E-state index contributed by atoms with van der Waals surface area (Å²) in [7, 11) is 0. The van der Waals surface area contributed by atoms with Gasteiger partial charge in [0.05, 0.1) is 17.2 Å². The molecule has 0 radical (unpaired) electrons. The number of rotatable bonds is 7. The van der Waals surface area contributed by atoms with Gasteiger partial charge in [0.25, 0.3) is 5.91 Å². The number of halogens is 3. The highest BCUT2D eigenvalue weighted by atomic mass is 19.4. The summed E-state index contributed by atoms with van der Waals surface area (Å²) in [5.41, 5.74) is 3.52. The van der Waals surface area contributed by atoms with Gasteiger partial charge in [-0.25, -0.2) is 0 Å². The van der Waals surface area contributed by atoms with E-state index in [0.717, 1.165) is 12.1 Å². The molecule has 0 bridgehead atoms. The number of unbranched alkanes of at least 4 members (excludes halogenated alkanes) is 2. The van der Waals surface area contributed by atoms with Crippen molar-refractivity contribution in [2.75, 3.05) is 0 Å². The molecule has 8 heteroatoms. The molecule has 23 heavy (non-hydrogen) atoms. The number of carbonyl (C=O) groups is 2. The van der Waals surface area contributed by atoms with Crippen molar-refractivity contribution in [1.82, 2.24) is 5.32 Å². The maximum absolute atomic E-state index is 12.9. The number of nitrogens with one attached hydrogen (secondary N) is 1. The van der Waals surface area contributed by atoms with E-state index in [0.29, 0.717) is 12.8 Å². The summed E-state index contributed by atoms with van der Waals surface area (Å²) < 4.78 is 38.7.